The van der Waals surface area contributed by atoms with E-state index in [0.29, 0.717) is 6.61 Å². The third kappa shape index (κ3) is 1.26. The minimum atomic E-state index is -0.651. The number of nitrogens with zero attached hydrogens (tertiary/aromatic N) is 1. The molecule has 0 N–H and O–H groups in total. The van der Waals surface area contributed by atoms with Gasteiger partial charge in [0, 0.05) is 22.3 Å². The van der Waals surface area contributed by atoms with E-state index in [2.05, 4.69) is 11.8 Å². The quantitative estimate of drug-likeness (QED) is 0.101. The Hall–Kier alpha value is -8.27. The lowest BCUT2D eigenvalue weighted by Gasteiger charge is -2.29. The minimum Gasteiger partial charge on any atom is -0.449 e. The summed E-state index contributed by atoms with van der Waals surface area (Å²) < 4.78 is 6.73. The number of benzene rings is 18. The fraction of sp³-hybridized carbons (Fsp3) is 0.0923. The van der Waals surface area contributed by atoms with E-state index < -0.39 is 11.1 Å². The van der Waals surface area contributed by atoms with E-state index >= 15 is 4.79 Å². The summed E-state index contributed by atoms with van der Waals surface area (Å²) in [6, 6.07) is 0. The zero-order valence-electron chi connectivity index (χ0n) is 34.9. The van der Waals surface area contributed by atoms with Gasteiger partial charge in [-0.3, -0.25) is 4.90 Å². The van der Waals surface area contributed by atoms with E-state index in [1.54, 1.807) is 248 Å². The van der Waals surface area contributed by atoms with Gasteiger partial charge in [0.2, 0.25) is 0 Å². The third-order valence-corrected chi connectivity index (χ3v) is 24.7. The molecule has 2 spiro atoms. The fourth-order valence-corrected chi connectivity index (χ4v) is 24.6. The van der Waals surface area contributed by atoms with E-state index in [4.69, 9.17) is 4.74 Å². The van der Waals surface area contributed by atoms with Gasteiger partial charge in [0.05, 0.1) is 6.61 Å². The van der Waals surface area contributed by atoms with Crippen molar-refractivity contribution in [3.05, 3.63) is 22.3 Å². The highest BCUT2D eigenvalue weighted by atomic mass is 16.6. The second-order valence-electron chi connectivity index (χ2n) is 25.0. The van der Waals surface area contributed by atoms with Crippen molar-refractivity contribution in [3.8, 4) is 0 Å². The molecular weight excluding hydrogens is 827 g/mol. The van der Waals surface area contributed by atoms with Crippen molar-refractivity contribution in [2.24, 2.45) is 0 Å². The number of carbonyl (C=O) groups is 1. The summed E-state index contributed by atoms with van der Waals surface area (Å²) >= 11 is 0. The van der Waals surface area contributed by atoms with Gasteiger partial charge in [0.15, 0.2) is 0 Å². The molecule has 3 nitrogen and oxygen atoms in total. The maximum atomic E-state index is 16.1. The molecule has 0 radical (unpaired) electrons. The molecule has 5 aliphatic rings. The van der Waals surface area contributed by atoms with Gasteiger partial charge in [0.1, 0.15) is 11.1 Å². The zero-order valence-corrected chi connectivity index (χ0v) is 34.9. The largest absolute Gasteiger partial charge is 0.449 e. The van der Waals surface area contributed by atoms with Crippen LogP contribution in [0.3, 0.4) is 0 Å². The Morgan fingerprint density at radius 1 is 0.279 bits per heavy atom. The fourth-order valence-electron chi connectivity index (χ4n) is 24.6. The molecule has 1 saturated heterocycles. The van der Waals surface area contributed by atoms with Gasteiger partial charge in [-0.05, 0) is 297 Å². The van der Waals surface area contributed by atoms with Crippen LogP contribution in [0.5, 0.6) is 0 Å². The predicted molar refractivity (Wildman–Crippen MR) is 282 cm³/mol. The second-order valence-corrected chi connectivity index (χ2v) is 25.0. The molecule has 33 rings (SSSR count). The first-order chi connectivity index (χ1) is 33.8. The number of unbranched alkanes of at least 4 members (excludes halogenated alkanes) is 1. The van der Waals surface area contributed by atoms with Crippen molar-refractivity contribution in [2.45, 2.75) is 30.8 Å². The van der Waals surface area contributed by atoms with E-state index in [-0.39, 0.29) is 6.09 Å². The molecular formula is C65H9NO2. The van der Waals surface area contributed by atoms with Gasteiger partial charge >= 0.3 is 6.09 Å². The van der Waals surface area contributed by atoms with E-state index in [0.717, 1.165) is 12.8 Å². The standard InChI is InChI=1S/C65H9NO2/c1-2-3-4-68-63(67)66-64-59-51-43-33-23-15-7-5-6-9-13-11(7)19-27-21(13)31-25-17(9)18-10(6)14-12-8(5)16(15)24-30-20(12)28-22(14)32-26(18)36-35(25)45-39(31)49-41(27)47(37(43)29(19)23)55(59)57(49)61-53(45)54-46(36)40(32)50-42(28)48-38(30)44(34(24)33)52(51)60(64)56(48)58(50)62(54)65(61,64)66/h2-4H2,1H3. The third-order valence-electron chi connectivity index (χ3n) is 24.7. The molecule has 28 aromatic carbocycles. The molecule has 4 aliphatic carbocycles. The molecule has 0 bridgehead atoms. The summed E-state index contributed by atoms with van der Waals surface area (Å²) in [7, 11) is 0. The highest BCUT2D eigenvalue weighted by Crippen LogP contribution is 2.90. The molecule has 0 unspecified atom stereocenters. The Bertz CT molecular complexity index is 6560. The minimum absolute atomic E-state index is 0.0894. The van der Waals surface area contributed by atoms with Gasteiger partial charge in [0.25, 0.3) is 0 Å². The first-order valence-corrected chi connectivity index (χ1v) is 25.6. The van der Waals surface area contributed by atoms with Crippen LogP contribution in [-0.2, 0) is 15.8 Å². The van der Waals surface area contributed by atoms with Crippen molar-refractivity contribution in [1.82, 2.24) is 4.90 Å². The maximum absolute atomic E-state index is 16.1. The highest BCUT2D eigenvalue weighted by Gasteiger charge is 2.88. The van der Waals surface area contributed by atoms with E-state index in [9.17, 15) is 0 Å². The number of hydrogen-bond acceptors (Lipinski definition) is 2. The number of hydrogen-bond donors (Lipinski definition) is 0. The van der Waals surface area contributed by atoms with Crippen LogP contribution in [0.1, 0.15) is 42.0 Å². The van der Waals surface area contributed by atoms with Crippen molar-refractivity contribution in [1.29, 1.82) is 0 Å². The molecule has 0 saturated carbocycles. The predicted octanol–water partition coefficient (Wildman–Crippen LogP) is 17.5. The van der Waals surface area contributed by atoms with Gasteiger partial charge in [-0.1, -0.05) is 13.3 Å². The van der Waals surface area contributed by atoms with Crippen molar-refractivity contribution in [3.63, 3.8) is 0 Å². The number of carbonyl (C=O) groups excluding carboxylic acids is 1. The average molecular weight is 836 g/mol. The molecule has 1 fully saturated rings. The molecule has 1 aliphatic heterocycles. The van der Waals surface area contributed by atoms with Crippen molar-refractivity contribution >= 4 is 297 Å². The number of ether oxygens (including phenoxy) is 1. The van der Waals surface area contributed by atoms with Crippen LogP contribution >= 0.6 is 0 Å². The smallest absolute Gasteiger partial charge is 0.412 e. The molecule has 1 heterocycles. The van der Waals surface area contributed by atoms with Crippen LogP contribution in [0.4, 0.5) is 4.79 Å². The Labute approximate surface area is 369 Å². The van der Waals surface area contributed by atoms with Crippen LogP contribution in [0.25, 0.3) is 291 Å². The van der Waals surface area contributed by atoms with Crippen LogP contribution in [0.2, 0.25) is 0 Å². The van der Waals surface area contributed by atoms with Crippen LogP contribution < -0.4 is 0 Å². The second kappa shape index (κ2) is 5.55. The average Bonchev–Trinajstić information content (AvgIpc) is 4.36. The summed E-state index contributed by atoms with van der Waals surface area (Å²) in [6.45, 7) is 2.69. The molecule has 1 amide bonds. The Kier molecular flexibility index (Phi) is 2.04. The number of rotatable bonds is 3. The lowest BCUT2D eigenvalue weighted by atomic mass is 9.68. The topological polar surface area (TPSA) is 29.3 Å². The van der Waals surface area contributed by atoms with Gasteiger partial charge < -0.3 is 4.74 Å². The number of amides is 1. The summed E-state index contributed by atoms with van der Waals surface area (Å²) in [4.78, 5) is 18.5. The Morgan fingerprint density at radius 2 is 0.426 bits per heavy atom. The SMILES string of the molecule is CCCCOC(=O)N1C23c4c5c6c7c8c9c(c%10c%11c2c2c4c4c%12c5c5c6c6c8c8c%13c9c9c%10c%10c%11c%11c2c2c4c4c%12c%12c5c5c6c8c6c8c%13c9c9c%10c%10c%11c2c2c4c4c%12c5c6c5c8c9c%10c2c45)C713. The molecule has 68 heavy (non-hydrogen) atoms. The lowest BCUT2D eigenvalue weighted by molar-refractivity contribution is 0.120. The normalized spacial score (nSPS) is 22.5. The van der Waals surface area contributed by atoms with Crippen LogP contribution in [0, 0.1) is 0 Å². The van der Waals surface area contributed by atoms with E-state index in [1.165, 1.54) is 65.3 Å². The zero-order chi connectivity index (χ0) is 40.5. The lowest BCUT2D eigenvalue weighted by Crippen LogP contribution is -2.27. The van der Waals surface area contributed by atoms with Gasteiger partial charge in [-0.25, -0.2) is 4.79 Å². The molecule has 0 aromatic heterocycles. The van der Waals surface area contributed by atoms with Crippen molar-refractivity contribution in [2.75, 3.05) is 6.61 Å². The summed E-state index contributed by atoms with van der Waals surface area (Å²) in [5.41, 5.74) is 4.70. The molecule has 0 atom stereocenters. The molecule has 286 valence electrons. The van der Waals surface area contributed by atoms with Crippen LogP contribution in [0.15, 0.2) is 0 Å². The first kappa shape index (κ1) is 25.0. The monoisotopic (exact) mass is 835 g/mol. The maximum Gasteiger partial charge on any atom is 0.412 e. The first-order valence-electron chi connectivity index (χ1n) is 25.6. The Morgan fingerprint density at radius 3 is 0.574 bits per heavy atom. The van der Waals surface area contributed by atoms with Gasteiger partial charge in [-0.15, -0.1) is 0 Å². The summed E-state index contributed by atoms with van der Waals surface area (Å²) in [6.07, 6.45) is 1.80. The molecule has 28 aromatic rings. The van der Waals surface area contributed by atoms with Gasteiger partial charge in [-0.2, -0.15) is 0 Å². The summed E-state index contributed by atoms with van der Waals surface area (Å²) in [5.74, 6) is 0. The summed E-state index contributed by atoms with van der Waals surface area (Å²) in [5, 5.41) is 85.4. The van der Waals surface area contributed by atoms with Crippen LogP contribution in [-0.4, -0.2) is 17.6 Å². The Balaban J connectivity index is 1.18. The highest BCUT2D eigenvalue weighted by molar-refractivity contribution is 6.82. The molecule has 3 heteroatoms. The van der Waals surface area contributed by atoms with Crippen molar-refractivity contribution < 1.29 is 9.53 Å². The van der Waals surface area contributed by atoms with E-state index in [1.807, 2.05) is 0 Å².